The molecule has 0 aliphatic heterocycles. The summed E-state index contributed by atoms with van der Waals surface area (Å²) >= 11 is 0. The molecule has 180 valence electrons. The fraction of sp³-hybridized carbons (Fsp3) is 0.524. The molecule has 0 radical (unpaired) electrons. The number of fused-ring (bicyclic) bond motifs is 1. The molecule has 1 unspecified atom stereocenters. The van der Waals surface area contributed by atoms with Crippen LogP contribution in [0.15, 0.2) is 30.3 Å². The summed E-state index contributed by atoms with van der Waals surface area (Å²) in [5.74, 6) is -5.01. The Bertz CT molecular complexity index is 1010. The van der Waals surface area contributed by atoms with E-state index in [-0.39, 0.29) is 24.8 Å². The molecule has 0 saturated heterocycles. The first-order chi connectivity index (χ1) is 15.5. The van der Waals surface area contributed by atoms with Crippen LogP contribution in [0, 0.1) is 0 Å². The molecule has 12 heteroatoms. The maximum atomic E-state index is 14.9. The summed E-state index contributed by atoms with van der Waals surface area (Å²) in [5.41, 5.74) is -2.98. The van der Waals surface area contributed by atoms with Crippen LogP contribution in [-0.4, -0.2) is 34.4 Å². The topological polar surface area (TPSA) is 53.3 Å². The number of aromatic nitrogens is 2. The van der Waals surface area contributed by atoms with Crippen molar-refractivity contribution in [1.29, 1.82) is 0 Å². The lowest BCUT2D eigenvalue weighted by Crippen LogP contribution is -2.30. The number of alkyl halides is 7. The second-order valence-corrected chi connectivity index (χ2v) is 8.08. The van der Waals surface area contributed by atoms with Gasteiger partial charge in [-0.05, 0) is 37.8 Å². The molecule has 5 nitrogen and oxygen atoms in total. The molecule has 1 fully saturated rings. The third kappa shape index (κ3) is 4.71. The van der Waals surface area contributed by atoms with Gasteiger partial charge >= 0.3 is 18.8 Å². The minimum absolute atomic E-state index is 0.0954. The van der Waals surface area contributed by atoms with E-state index in [1.807, 2.05) is 0 Å². The first-order valence-electron chi connectivity index (χ1n) is 10.2. The van der Waals surface area contributed by atoms with Gasteiger partial charge in [-0.3, -0.25) is 4.68 Å². The SMILES string of the molecule is O=C(O[C@H]1c2c(C(F)(F)F)nn([C@H]3CCCC(OC(F)F)C3)c2CC1(F)F)c1ccccc1. The number of carbonyl (C=O) groups excluding carboxylic acids is 1. The molecule has 4 rings (SSSR count). The third-order valence-electron chi connectivity index (χ3n) is 5.84. The zero-order valence-electron chi connectivity index (χ0n) is 17.0. The van der Waals surface area contributed by atoms with Gasteiger partial charge in [-0.25, -0.2) is 13.6 Å². The molecular weight excluding hydrogens is 461 g/mol. The van der Waals surface area contributed by atoms with Gasteiger partial charge in [-0.2, -0.15) is 27.1 Å². The van der Waals surface area contributed by atoms with Gasteiger partial charge in [0, 0.05) is 0 Å². The van der Waals surface area contributed by atoms with E-state index in [1.165, 1.54) is 24.3 Å². The molecule has 1 aromatic carbocycles. The van der Waals surface area contributed by atoms with Crippen LogP contribution in [0.2, 0.25) is 0 Å². The number of esters is 1. The predicted molar refractivity (Wildman–Crippen MR) is 98.9 cm³/mol. The van der Waals surface area contributed by atoms with E-state index in [0.717, 1.165) is 4.68 Å². The molecule has 0 N–H and O–H groups in total. The van der Waals surface area contributed by atoms with Crippen molar-refractivity contribution in [2.24, 2.45) is 0 Å². The number of halogens is 7. The summed E-state index contributed by atoms with van der Waals surface area (Å²) in [5, 5.41) is 3.56. The second kappa shape index (κ2) is 8.62. The van der Waals surface area contributed by atoms with E-state index in [0.29, 0.717) is 6.42 Å². The van der Waals surface area contributed by atoms with E-state index >= 15 is 0 Å². The van der Waals surface area contributed by atoms with Crippen molar-refractivity contribution < 1.29 is 45.0 Å². The molecule has 2 aliphatic rings. The number of ether oxygens (including phenoxy) is 2. The Morgan fingerprint density at radius 3 is 2.48 bits per heavy atom. The van der Waals surface area contributed by atoms with E-state index in [4.69, 9.17) is 4.74 Å². The van der Waals surface area contributed by atoms with E-state index in [9.17, 15) is 35.5 Å². The average Bonchev–Trinajstić information content (AvgIpc) is 3.21. The molecule has 1 saturated carbocycles. The standard InChI is InChI=1S/C21H19F7N2O3/c22-19(23)32-13-8-4-7-12(9-13)30-14-10-20(24,25)17(15(14)16(29-30)21(26,27)28)33-18(31)11-5-2-1-3-6-11/h1-3,5-6,12-13,17,19H,4,7-10H2/t12-,13?,17-/m0/s1. The molecular formula is C21H19F7N2O3. The van der Waals surface area contributed by atoms with Crippen LogP contribution in [0.5, 0.6) is 0 Å². The van der Waals surface area contributed by atoms with Crippen LogP contribution in [0.4, 0.5) is 30.7 Å². The first kappa shape index (κ1) is 23.5. The normalized spacial score (nSPS) is 24.7. The van der Waals surface area contributed by atoms with Crippen molar-refractivity contribution in [2.75, 3.05) is 0 Å². The number of benzene rings is 1. The van der Waals surface area contributed by atoms with Gasteiger partial charge < -0.3 is 9.47 Å². The Hall–Kier alpha value is -2.63. The molecule has 2 aromatic rings. The Kier molecular flexibility index (Phi) is 6.14. The van der Waals surface area contributed by atoms with Crippen molar-refractivity contribution in [3.63, 3.8) is 0 Å². The van der Waals surface area contributed by atoms with E-state index in [2.05, 4.69) is 9.84 Å². The maximum absolute atomic E-state index is 14.9. The largest absolute Gasteiger partial charge is 0.447 e. The van der Waals surface area contributed by atoms with Gasteiger partial charge in [-0.15, -0.1) is 0 Å². The van der Waals surface area contributed by atoms with Crippen LogP contribution < -0.4 is 0 Å². The molecule has 0 amide bonds. The Morgan fingerprint density at radius 1 is 1.15 bits per heavy atom. The van der Waals surface area contributed by atoms with Crippen LogP contribution in [-0.2, 0) is 22.1 Å². The average molecular weight is 480 g/mol. The van der Waals surface area contributed by atoms with Crippen molar-refractivity contribution in [3.8, 4) is 0 Å². The van der Waals surface area contributed by atoms with Gasteiger partial charge in [0.05, 0.1) is 35.4 Å². The quantitative estimate of drug-likeness (QED) is 0.406. The molecule has 0 bridgehead atoms. The zero-order valence-corrected chi connectivity index (χ0v) is 17.0. The maximum Gasteiger partial charge on any atom is 0.435 e. The highest BCUT2D eigenvalue weighted by molar-refractivity contribution is 5.89. The fourth-order valence-corrected chi connectivity index (χ4v) is 4.48. The number of rotatable bonds is 5. The highest BCUT2D eigenvalue weighted by Gasteiger charge is 2.58. The minimum Gasteiger partial charge on any atom is -0.447 e. The van der Waals surface area contributed by atoms with Gasteiger partial charge in [0.2, 0.25) is 0 Å². The lowest BCUT2D eigenvalue weighted by Gasteiger charge is -2.30. The third-order valence-corrected chi connectivity index (χ3v) is 5.84. The smallest absolute Gasteiger partial charge is 0.435 e. The monoisotopic (exact) mass is 480 g/mol. The molecule has 2 aliphatic carbocycles. The minimum atomic E-state index is -5.10. The number of hydrogen-bond donors (Lipinski definition) is 0. The number of hydrogen-bond acceptors (Lipinski definition) is 4. The fourth-order valence-electron chi connectivity index (χ4n) is 4.48. The summed E-state index contributed by atoms with van der Waals surface area (Å²) < 4.78 is 106. The summed E-state index contributed by atoms with van der Waals surface area (Å²) in [6.45, 7) is -3.06. The first-order valence-corrected chi connectivity index (χ1v) is 10.2. The zero-order chi connectivity index (χ0) is 24.0. The number of carbonyl (C=O) groups is 1. The highest BCUT2D eigenvalue weighted by Crippen LogP contribution is 2.51. The summed E-state index contributed by atoms with van der Waals surface area (Å²) in [6.07, 6.45) is -8.88. The molecule has 0 spiro atoms. The summed E-state index contributed by atoms with van der Waals surface area (Å²) in [7, 11) is 0. The van der Waals surface area contributed by atoms with Gasteiger partial charge in [-0.1, -0.05) is 18.2 Å². The van der Waals surface area contributed by atoms with Crippen molar-refractivity contribution in [3.05, 3.63) is 52.8 Å². The predicted octanol–water partition coefficient (Wildman–Crippen LogP) is 5.71. The molecule has 3 atom stereocenters. The number of nitrogens with zero attached hydrogens (tertiary/aromatic N) is 2. The Labute approximate surface area is 183 Å². The van der Waals surface area contributed by atoms with Crippen molar-refractivity contribution in [2.45, 2.75) is 69.1 Å². The van der Waals surface area contributed by atoms with Gasteiger partial charge in [0.1, 0.15) is 0 Å². The van der Waals surface area contributed by atoms with Gasteiger partial charge in [0.25, 0.3) is 5.92 Å². The Balaban J connectivity index is 1.71. The Morgan fingerprint density at radius 2 is 1.85 bits per heavy atom. The lowest BCUT2D eigenvalue weighted by molar-refractivity contribution is -0.172. The highest BCUT2D eigenvalue weighted by atomic mass is 19.4. The lowest BCUT2D eigenvalue weighted by atomic mass is 9.92. The van der Waals surface area contributed by atoms with E-state index in [1.54, 1.807) is 6.07 Å². The van der Waals surface area contributed by atoms with Crippen LogP contribution in [0.25, 0.3) is 0 Å². The molecule has 33 heavy (non-hydrogen) atoms. The summed E-state index contributed by atoms with van der Waals surface area (Å²) in [4.78, 5) is 12.4. The van der Waals surface area contributed by atoms with Gasteiger partial charge in [0.15, 0.2) is 11.8 Å². The van der Waals surface area contributed by atoms with Crippen LogP contribution in [0.3, 0.4) is 0 Å². The second-order valence-electron chi connectivity index (χ2n) is 8.08. The summed E-state index contributed by atoms with van der Waals surface area (Å²) in [6, 6.07) is 6.21. The van der Waals surface area contributed by atoms with Crippen LogP contribution >= 0.6 is 0 Å². The molecule has 1 aromatic heterocycles. The van der Waals surface area contributed by atoms with E-state index < -0.39 is 66.3 Å². The van der Waals surface area contributed by atoms with Crippen LogP contribution in [0.1, 0.15) is 65.1 Å². The van der Waals surface area contributed by atoms with Crippen molar-refractivity contribution >= 4 is 5.97 Å². The van der Waals surface area contributed by atoms with Crippen molar-refractivity contribution in [1.82, 2.24) is 9.78 Å². The molecule has 1 heterocycles.